The van der Waals surface area contributed by atoms with Crippen molar-refractivity contribution in [1.29, 1.82) is 0 Å². The van der Waals surface area contributed by atoms with Gasteiger partial charge in [0.2, 0.25) is 5.91 Å². The smallest absolute Gasteiger partial charge is 0.240 e. The van der Waals surface area contributed by atoms with E-state index >= 15 is 0 Å². The molecule has 0 aliphatic heterocycles. The second-order valence-corrected chi connectivity index (χ2v) is 12.2. The molecular formula is C32H38ClFN2O4. The van der Waals surface area contributed by atoms with Crippen molar-refractivity contribution in [3.8, 4) is 17.2 Å². The largest absolute Gasteiger partial charge is 0.507 e. The average Bonchev–Trinajstić information content (AvgIpc) is 2.86. The molecule has 0 atom stereocenters. The third-order valence-corrected chi connectivity index (χ3v) is 6.66. The minimum absolute atomic E-state index is 0.190. The van der Waals surface area contributed by atoms with Gasteiger partial charge in [-0.1, -0.05) is 77.4 Å². The van der Waals surface area contributed by atoms with Crippen LogP contribution in [0.15, 0.2) is 53.6 Å². The quantitative estimate of drug-likeness (QED) is 0.207. The predicted octanol–water partition coefficient (Wildman–Crippen LogP) is 7.45. The van der Waals surface area contributed by atoms with E-state index < -0.39 is 0 Å². The molecule has 40 heavy (non-hydrogen) atoms. The number of phenols is 1. The second kappa shape index (κ2) is 12.7. The van der Waals surface area contributed by atoms with Gasteiger partial charge in [-0.25, -0.2) is 9.82 Å². The maximum Gasteiger partial charge on any atom is 0.240 e. The van der Waals surface area contributed by atoms with Gasteiger partial charge in [-0.05, 0) is 69.3 Å². The summed E-state index contributed by atoms with van der Waals surface area (Å²) < 4.78 is 24.4. The van der Waals surface area contributed by atoms with Gasteiger partial charge in [0, 0.05) is 6.42 Å². The zero-order valence-corrected chi connectivity index (χ0v) is 24.9. The van der Waals surface area contributed by atoms with E-state index in [1.807, 2.05) is 12.1 Å². The number of ether oxygens (including phenoxy) is 2. The van der Waals surface area contributed by atoms with Crippen molar-refractivity contribution < 1.29 is 23.8 Å². The molecule has 0 unspecified atom stereocenters. The Morgan fingerprint density at radius 3 is 2.15 bits per heavy atom. The summed E-state index contributed by atoms with van der Waals surface area (Å²) in [6.45, 7) is 12.6. The number of nitrogens with zero attached hydrogens (tertiary/aromatic N) is 1. The van der Waals surface area contributed by atoms with Gasteiger partial charge < -0.3 is 14.6 Å². The highest BCUT2D eigenvalue weighted by molar-refractivity contribution is 6.32. The van der Waals surface area contributed by atoms with Crippen molar-refractivity contribution >= 4 is 23.7 Å². The molecule has 0 bridgehead atoms. The van der Waals surface area contributed by atoms with E-state index in [0.717, 1.165) is 22.3 Å². The van der Waals surface area contributed by atoms with E-state index in [4.69, 9.17) is 21.1 Å². The molecule has 2 N–H and O–H groups in total. The number of carbonyl (C=O) groups is 1. The molecule has 0 heterocycles. The van der Waals surface area contributed by atoms with Gasteiger partial charge in [0.15, 0.2) is 11.5 Å². The summed E-state index contributed by atoms with van der Waals surface area (Å²) in [5, 5.41) is 15.3. The van der Waals surface area contributed by atoms with Gasteiger partial charge in [-0.3, -0.25) is 4.79 Å². The molecule has 0 aliphatic rings. The van der Waals surface area contributed by atoms with Gasteiger partial charge in [0.05, 0.1) is 18.3 Å². The number of hydrogen-bond donors (Lipinski definition) is 2. The topological polar surface area (TPSA) is 80.2 Å². The van der Waals surface area contributed by atoms with Gasteiger partial charge in [0.1, 0.15) is 18.2 Å². The average molecular weight is 569 g/mol. The lowest BCUT2D eigenvalue weighted by Crippen LogP contribution is -2.20. The second-order valence-electron chi connectivity index (χ2n) is 11.8. The van der Waals surface area contributed by atoms with Crippen LogP contribution in [0.1, 0.15) is 75.8 Å². The molecule has 0 saturated carbocycles. The zero-order valence-electron chi connectivity index (χ0n) is 24.2. The van der Waals surface area contributed by atoms with E-state index in [-0.39, 0.29) is 35.6 Å². The number of amides is 1. The lowest BCUT2D eigenvalue weighted by atomic mass is 9.78. The van der Waals surface area contributed by atoms with E-state index in [0.29, 0.717) is 34.3 Å². The lowest BCUT2D eigenvalue weighted by Gasteiger charge is -2.28. The number of rotatable bonds is 9. The number of methoxy groups -OCH3 is 1. The molecular weight excluding hydrogens is 531 g/mol. The molecule has 3 rings (SSSR count). The Hall–Kier alpha value is -3.58. The predicted molar refractivity (Wildman–Crippen MR) is 158 cm³/mol. The van der Waals surface area contributed by atoms with Crippen molar-refractivity contribution in [2.45, 2.75) is 71.8 Å². The number of benzene rings is 3. The first-order chi connectivity index (χ1) is 18.7. The van der Waals surface area contributed by atoms with Crippen LogP contribution in [0.2, 0.25) is 5.02 Å². The lowest BCUT2D eigenvalue weighted by molar-refractivity contribution is -0.121. The first-order valence-electron chi connectivity index (χ1n) is 13.1. The fraction of sp³-hybridized carbons (Fsp3) is 0.375. The van der Waals surface area contributed by atoms with E-state index in [1.165, 1.54) is 25.5 Å². The normalized spacial score (nSPS) is 12.0. The number of hydrogen-bond acceptors (Lipinski definition) is 5. The van der Waals surface area contributed by atoms with Gasteiger partial charge in [0.25, 0.3) is 0 Å². The summed E-state index contributed by atoms with van der Waals surface area (Å²) in [4.78, 5) is 12.6. The molecule has 214 valence electrons. The molecule has 0 aliphatic carbocycles. The Kier molecular flexibility index (Phi) is 9.85. The van der Waals surface area contributed by atoms with E-state index in [9.17, 15) is 14.3 Å². The maximum absolute atomic E-state index is 13.1. The summed E-state index contributed by atoms with van der Waals surface area (Å²) in [5.41, 5.74) is 6.19. The standard InChI is InChI=1S/C32H38ClFN2O4/c1-31(2,3)24-14-21(15-25(29(24)38)32(4,5)6)10-13-28(37)36-35-18-22-16-26(33)30(27(17-22)39-7)40-19-20-8-11-23(34)12-9-20/h8-9,11-12,14-18,38H,10,13,19H2,1-7H3,(H,36,37)/b35-18-. The number of aryl methyl sites for hydroxylation is 1. The Morgan fingerprint density at radius 2 is 1.60 bits per heavy atom. The SMILES string of the molecule is COc1cc(/C=N\NC(=O)CCc2cc(C(C)(C)C)c(O)c(C(C)(C)C)c2)cc(Cl)c1OCc1ccc(F)cc1. The van der Waals surface area contributed by atoms with Crippen molar-refractivity contribution in [2.75, 3.05) is 7.11 Å². The molecule has 0 saturated heterocycles. The number of nitrogens with one attached hydrogen (secondary N) is 1. The molecule has 1 amide bonds. The number of hydrazone groups is 1. The van der Waals surface area contributed by atoms with Gasteiger partial charge in [-0.2, -0.15) is 5.10 Å². The molecule has 0 fully saturated rings. The first kappa shape index (κ1) is 31.0. The monoisotopic (exact) mass is 568 g/mol. The van der Waals surface area contributed by atoms with Crippen LogP contribution in [0.4, 0.5) is 4.39 Å². The number of halogens is 2. The Balaban J connectivity index is 1.65. The van der Waals surface area contributed by atoms with Crippen LogP contribution in [-0.4, -0.2) is 24.3 Å². The molecule has 0 spiro atoms. The molecule has 3 aromatic carbocycles. The van der Waals surface area contributed by atoms with Crippen LogP contribution in [0.5, 0.6) is 17.2 Å². The van der Waals surface area contributed by atoms with Crippen molar-refractivity contribution in [1.82, 2.24) is 5.43 Å². The van der Waals surface area contributed by atoms with Gasteiger partial charge in [-0.15, -0.1) is 0 Å². The fourth-order valence-electron chi connectivity index (χ4n) is 4.17. The molecule has 6 nitrogen and oxygen atoms in total. The van der Waals surface area contributed by atoms with E-state index in [1.54, 1.807) is 24.3 Å². The number of phenolic OH excluding ortho intramolecular Hbond substituents is 1. The Morgan fingerprint density at radius 1 is 1.00 bits per heavy atom. The maximum atomic E-state index is 13.1. The molecule has 3 aromatic rings. The number of carbonyl (C=O) groups excluding carboxylic acids is 1. The van der Waals surface area contributed by atoms with Crippen molar-refractivity contribution in [3.63, 3.8) is 0 Å². The third kappa shape index (κ3) is 8.21. The van der Waals surface area contributed by atoms with Crippen molar-refractivity contribution in [3.05, 3.63) is 87.2 Å². The van der Waals surface area contributed by atoms with Gasteiger partial charge >= 0.3 is 0 Å². The molecule has 0 aromatic heterocycles. The minimum Gasteiger partial charge on any atom is -0.507 e. The zero-order chi connectivity index (χ0) is 29.7. The van der Waals surface area contributed by atoms with Crippen molar-refractivity contribution in [2.24, 2.45) is 5.10 Å². The van der Waals surface area contributed by atoms with Crippen LogP contribution in [0, 0.1) is 5.82 Å². The molecule has 0 radical (unpaired) electrons. The fourth-order valence-corrected chi connectivity index (χ4v) is 4.44. The van der Waals surface area contributed by atoms with E-state index in [2.05, 4.69) is 52.1 Å². The number of aromatic hydroxyl groups is 1. The van der Waals surface area contributed by atoms with Crippen LogP contribution in [-0.2, 0) is 28.7 Å². The highest BCUT2D eigenvalue weighted by Gasteiger charge is 2.26. The Labute approximate surface area is 241 Å². The van der Waals surface area contributed by atoms with Crippen LogP contribution in [0.3, 0.4) is 0 Å². The third-order valence-electron chi connectivity index (χ3n) is 6.38. The highest BCUT2D eigenvalue weighted by atomic mass is 35.5. The summed E-state index contributed by atoms with van der Waals surface area (Å²) in [6, 6.07) is 13.3. The Bertz CT molecular complexity index is 1340. The summed E-state index contributed by atoms with van der Waals surface area (Å²) >= 11 is 6.43. The van der Waals surface area contributed by atoms with Crippen LogP contribution in [0.25, 0.3) is 0 Å². The summed E-state index contributed by atoms with van der Waals surface area (Å²) in [5.74, 6) is 0.515. The summed E-state index contributed by atoms with van der Waals surface area (Å²) in [6.07, 6.45) is 2.22. The van der Waals surface area contributed by atoms with Crippen LogP contribution < -0.4 is 14.9 Å². The first-order valence-corrected chi connectivity index (χ1v) is 13.5. The molecule has 8 heteroatoms. The highest BCUT2D eigenvalue weighted by Crippen LogP contribution is 2.40. The minimum atomic E-state index is -0.320. The van der Waals surface area contributed by atoms with Crippen LogP contribution >= 0.6 is 11.6 Å². The summed E-state index contributed by atoms with van der Waals surface area (Å²) in [7, 11) is 1.50.